The topological polar surface area (TPSA) is 95.9 Å². The van der Waals surface area contributed by atoms with E-state index < -0.39 is 12.1 Å². The molecule has 0 saturated heterocycles. The summed E-state index contributed by atoms with van der Waals surface area (Å²) in [4.78, 5) is 24.4. The van der Waals surface area contributed by atoms with Crippen molar-refractivity contribution in [2.75, 3.05) is 13.2 Å². The standard InChI is InChI=1S/C50H93NO5/c1-3-5-7-9-11-13-14-15-17-21-24-28-32-36-40-44-50(55)56-45-41-37-33-29-25-22-19-16-18-20-23-27-31-35-39-43-49(54)51-47(46-52)48(53)42-38-34-30-26-12-10-8-6-4-2/h11,13,15,17,38,42,47-48,52-53H,3-10,12,14,16,18-37,39-41,43-46H2,1-2H3,(H,51,54)/b13-11-,17-15-,42-38+. The van der Waals surface area contributed by atoms with Crippen molar-refractivity contribution in [1.82, 2.24) is 5.32 Å². The van der Waals surface area contributed by atoms with E-state index in [2.05, 4.69) is 43.5 Å². The number of unbranched alkanes of at least 4 members (excludes halogenated alkanes) is 29. The minimum absolute atomic E-state index is 0.0156. The van der Waals surface area contributed by atoms with Gasteiger partial charge in [0.05, 0.1) is 25.4 Å². The predicted octanol–water partition coefficient (Wildman–Crippen LogP) is 14.1. The molecule has 3 N–H and O–H groups in total. The van der Waals surface area contributed by atoms with E-state index in [0.717, 1.165) is 64.2 Å². The molecule has 2 atom stereocenters. The number of hydrogen-bond acceptors (Lipinski definition) is 5. The Balaban J connectivity index is 3.45. The molecular weight excluding hydrogens is 695 g/mol. The van der Waals surface area contributed by atoms with Crippen LogP contribution < -0.4 is 5.32 Å². The normalized spacial score (nSPS) is 13.0. The molecule has 0 aliphatic carbocycles. The Bertz CT molecular complexity index is 915. The monoisotopic (exact) mass is 788 g/mol. The fourth-order valence-electron chi connectivity index (χ4n) is 7.13. The SMILES string of the molecule is CCCCC/C=C\C/C=C\CCCCCCCC(=O)OCCCCCCCCCCCCCCCCCC(=O)NC(CO)C(O)/C=C/CCCCCCCCC. The van der Waals surface area contributed by atoms with Gasteiger partial charge < -0.3 is 20.3 Å². The van der Waals surface area contributed by atoms with Gasteiger partial charge in [-0.05, 0) is 64.2 Å². The van der Waals surface area contributed by atoms with Crippen LogP contribution in [-0.4, -0.2) is 47.4 Å². The van der Waals surface area contributed by atoms with Gasteiger partial charge in [0.1, 0.15) is 0 Å². The number of aliphatic hydroxyl groups excluding tert-OH is 2. The van der Waals surface area contributed by atoms with Crippen molar-refractivity contribution >= 4 is 11.9 Å². The number of carbonyl (C=O) groups is 2. The van der Waals surface area contributed by atoms with Crippen molar-refractivity contribution in [2.45, 2.75) is 257 Å². The fraction of sp³-hybridized carbons (Fsp3) is 0.840. The zero-order valence-electron chi connectivity index (χ0n) is 37.1. The molecule has 56 heavy (non-hydrogen) atoms. The molecule has 0 rings (SSSR count). The van der Waals surface area contributed by atoms with Crippen LogP contribution in [0.2, 0.25) is 0 Å². The quantitative estimate of drug-likeness (QED) is 0.0325. The fourth-order valence-corrected chi connectivity index (χ4v) is 7.13. The van der Waals surface area contributed by atoms with Crippen molar-refractivity contribution in [1.29, 1.82) is 0 Å². The zero-order valence-corrected chi connectivity index (χ0v) is 37.1. The van der Waals surface area contributed by atoms with Crippen LogP contribution in [0.3, 0.4) is 0 Å². The van der Waals surface area contributed by atoms with Crippen LogP contribution in [-0.2, 0) is 14.3 Å². The maximum Gasteiger partial charge on any atom is 0.305 e. The van der Waals surface area contributed by atoms with Gasteiger partial charge in [0.15, 0.2) is 0 Å². The molecule has 0 fully saturated rings. The Morgan fingerprint density at radius 3 is 1.39 bits per heavy atom. The molecular formula is C50H93NO5. The van der Waals surface area contributed by atoms with Gasteiger partial charge in [-0.15, -0.1) is 0 Å². The third kappa shape index (κ3) is 41.7. The lowest BCUT2D eigenvalue weighted by atomic mass is 10.0. The highest BCUT2D eigenvalue weighted by atomic mass is 16.5. The second-order valence-corrected chi connectivity index (χ2v) is 16.4. The number of aliphatic hydroxyl groups is 2. The van der Waals surface area contributed by atoms with Crippen LogP contribution in [0.4, 0.5) is 0 Å². The van der Waals surface area contributed by atoms with Crippen LogP contribution in [0.1, 0.15) is 245 Å². The van der Waals surface area contributed by atoms with E-state index >= 15 is 0 Å². The van der Waals surface area contributed by atoms with Crippen molar-refractivity contribution in [3.63, 3.8) is 0 Å². The number of rotatable bonds is 44. The Morgan fingerprint density at radius 1 is 0.500 bits per heavy atom. The van der Waals surface area contributed by atoms with E-state index in [0.29, 0.717) is 19.4 Å². The van der Waals surface area contributed by atoms with Crippen molar-refractivity contribution in [3.05, 3.63) is 36.5 Å². The van der Waals surface area contributed by atoms with Crippen molar-refractivity contribution in [3.8, 4) is 0 Å². The zero-order chi connectivity index (χ0) is 40.8. The average molecular weight is 788 g/mol. The summed E-state index contributed by atoms with van der Waals surface area (Å²) in [6, 6.07) is -0.632. The summed E-state index contributed by atoms with van der Waals surface area (Å²) in [5.74, 6) is -0.0966. The molecule has 6 nitrogen and oxygen atoms in total. The minimum atomic E-state index is -0.848. The van der Waals surface area contributed by atoms with Crippen LogP contribution in [0.15, 0.2) is 36.5 Å². The van der Waals surface area contributed by atoms with E-state index in [1.165, 1.54) is 154 Å². The molecule has 0 aromatic rings. The summed E-state index contributed by atoms with van der Waals surface area (Å²) in [5.41, 5.74) is 0. The minimum Gasteiger partial charge on any atom is -0.466 e. The molecule has 0 aromatic carbocycles. The lowest BCUT2D eigenvalue weighted by Crippen LogP contribution is -2.45. The van der Waals surface area contributed by atoms with E-state index in [1.807, 2.05) is 6.08 Å². The van der Waals surface area contributed by atoms with E-state index in [-0.39, 0.29) is 18.5 Å². The summed E-state index contributed by atoms with van der Waals surface area (Å²) in [7, 11) is 0. The van der Waals surface area contributed by atoms with Gasteiger partial charge in [-0.25, -0.2) is 0 Å². The predicted molar refractivity (Wildman–Crippen MR) is 241 cm³/mol. The first-order valence-corrected chi connectivity index (χ1v) is 24.3. The number of carbonyl (C=O) groups excluding carboxylic acids is 2. The first-order valence-electron chi connectivity index (χ1n) is 24.3. The summed E-state index contributed by atoms with van der Waals surface area (Å²) in [6.45, 7) is 4.81. The summed E-state index contributed by atoms with van der Waals surface area (Å²) in [5, 5.41) is 22.9. The van der Waals surface area contributed by atoms with Gasteiger partial charge in [0.2, 0.25) is 5.91 Å². The highest BCUT2D eigenvalue weighted by Crippen LogP contribution is 2.15. The van der Waals surface area contributed by atoms with E-state index in [4.69, 9.17) is 4.74 Å². The van der Waals surface area contributed by atoms with Crippen LogP contribution in [0.5, 0.6) is 0 Å². The molecule has 328 valence electrons. The summed E-state index contributed by atoms with van der Waals surface area (Å²) < 4.78 is 5.45. The number of amides is 1. The van der Waals surface area contributed by atoms with Gasteiger partial charge in [0, 0.05) is 12.8 Å². The highest BCUT2D eigenvalue weighted by Gasteiger charge is 2.18. The Labute approximate surface area is 347 Å². The molecule has 0 radical (unpaired) electrons. The smallest absolute Gasteiger partial charge is 0.305 e. The summed E-state index contributed by atoms with van der Waals surface area (Å²) in [6.07, 6.45) is 54.2. The third-order valence-electron chi connectivity index (χ3n) is 10.9. The van der Waals surface area contributed by atoms with Crippen molar-refractivity contribution in [2.24, 2.45) is 0 Å². The average Bonchev–Trinajstić information content (AvgIpc) is 3.20. The molecule has 0 bridgehead atoms. The largest absolute Gasteiger partial charge is 0.466 e. The lowest BCUT2D eigenvalue weighted by Gasteiger charge is -2.20. The third-order valence-corrected chi connectivity index (χ3v) is 10.9. The van der Waals surface area contributed by atoms with Crippen LogP contribution in [0.25, 0.3) is 0 Å². The molecule has 0 saturated carbocycles. The maximum atomic E-state index is 12.3. The van der Waals surface area contributed by atoms with Crippen molar-refractivity contribution < 1.29 is 24.5 Å². The molecule has 0 heterocycles. The molecule has 1 amide bonds. The lowest BCUT2D eigenvalue weighted by molar-refractivity contribution is -0.143. The molecule has 0 aromatic heterocycles. The molecule has 0 spiro atoms. The molecule has 0 aliphatic heterocycles. The maximum absolute atomic E-state index is 12.3. The Hall–Kier alpha value is -1.92. The Kier molecular flexibility index (Phi) is 44.2. The molecule has 0 aliphatic rings. The Morgan fingerprint density at radius 2 is 0.893 bits per heavy atom. The van der Waals surface area contributed by atoms with Gasteiger partial charge in [-0.2, -0.15) is 0 Å². The van der Waals surface area contributed by atoms with Crippen LogP contribution >= 0.6 is 0 Å². The first-order chi connectivity index (χ1) is 27.5. The number of ether oxygens (including phenoxy) is 1. The number of nitrogens with one attached hydrogen (secondary N) is 1. The van der Waals surface area contributed by atoms with E-state index in [9.17, 15) is 19.8 Å². The second-order valence-electron chi connectivity index (χ2n) is 16.4. The van der Waals surface area contributed by atoms with Gasteiger partial charge in [-0.3, -0.25) is 9.59 Å². The van der Waals surface area contributed by atoms with Crippen LogP contribution in [0, 0.1) is 0 Å². The second kappa shape index (κ2) is 45.8. The first kappa shape index (κ1) is 54.1. The van der Waals surface area contributed by atoms with E-state index in [1.54, 1.807) is 6.08 Å². The highest BCUT2D eigenvalue weighted by molar-refractivity contribution is 5.76. The van der Waals surface area contributed by atoms with Gasteiger partial charge in [-0.1, -0.05) is 204 Å². The molecule has 6 heteroatoms. The number of hydrogen-bond donors (Lipinski definition) is 3. The van der Waals surface area contributed by atoms with Gasteiger partial charge in [0.25, 0.3) is 0 Å². The number of esters is 1. The van der Waals surface area contributed by atoms with Gasteiger partial charge >= 0.3 is 5.97 Å². The summed E-state index contributed by atoms with van der Waals surface area (Å²) >= 11 is 0. The number of allylic oxidation sites excluding steroid dienone is 5. The molecule has 2 unspecified atom stereocenters.